The van der Waals surface area contributed by atoms with Gasteiger partial charge < -0.3 is 9.97 Å². The van der Waals surface area contributed by atoms with Crippen LogP contribution in [-0.2, 0) is 20.1 Å². The van der Waals surface area contributed by atoms with Crippen molar-refractivity contribution in [1.29, 1.82) is 0 Å². The molecule has 0 aliphatic carbocycles. The molecule has 0 N–H and O–H groups in total. The first-order valence-corrected chi connectivity index (χ1v) is 9.48. The molecule has 0 aliphatic heterocycles. The maximum Gasteiger partial charge on any atom is 0.0899 e. The molecular formula is C26H18IrN4-2. The number of nitrogens with zero attached hydrogens (tertiary/aromatic N) is 4. The Labute approximate surface area is 195 Å². The second kappa shape index (κ2) is 11.6. The smallest absolute Gasteiger partial charge is 0.0899 e. The third-order valence-corrected chi connectivity index (χ3v) is 4.26. The molecule has 0 fully saturated rings. The molecule has 3 aromatic heterocycles. The van der Waals surface area contributed by atoms with Crippen LogP contribution in [0.5, 0.6) is 0 Å². The minimum absolute atomic E-state index is 0. The van der Waals surface area contributed by atoms with E-state index < -0.39 is 0 Å². The van der Waals surface area contributed by atoms with E-state index in [4.69, 9.17) is 0 Å². The van der Waals surface area contributed by atoms with Gasteiger partial charge in [-0.05, 0) is 17.5 Å². The maximum absolute atomic E-state index is 4.43. The molecule has 4 nitrogen and oxygen atoms in total. The van der Waals surface area contributed by atoms with Crippen LogP contribution in [0.25, 0.3) is 33.8 Å². The molecule has 2 aromatic carbocycles. The standard InChI is InChI=1S/C15H10N3.C11H8N.Ir/c1-2-4-12(5-3-1)14-7-6-13(10-18-14)15-11-16-8-9-17-15;1-2-6-10(7-3-1)11-8-4-5-9-12-11;/h1-4,6-11H;1-6,8-9H;/q2*-1;. The fourth-order valence-electron chi connectivity index (χ4n) is 2.78. The number of aromatic nitrogens is 4. The van der Waals surface area contributed by atoms with Gasteiger partial charge in [0.25, 0.3) is 0 Å². The Morgan fingerprint density at radius 2 is 1.19 bits per heavy atom. The van der Waals surface area contributed by atoms with Crippen molar-refractivity contribution in [2.24, 2.45) is 0 Å². The molecule has 0 amide bonds. The minimum atomic E-state index is 0. The van der Waals surface area contributed by atoms with Gasteiger partial charge in [0.2, 0.25) is 0 Å². The van der Waals surface area contributed by atoms with Crippen molar-refractivity contribution in [1.82, 2.24) is 19.9 Å². The number of hydrogen-bond acceptors (Lipinski definition) is 4. The van der Waals surface area contributed by atoms with E-state index in [0.717, 1.165) is 33.8 Å². The van der Waals surface area contributed by atoms with Crippen LogP contribution < -0.4 is 0 Å². The Morgan fingerprint density at radius 1 is 0.516 bits per heavy atom. The zero-order chi connectivity index (χ0) is 20.4. The largest absolute Gasteiger partial charge is 0.305 e. The molecular weight excluding hydrogens is 561 g/mol. The fraction of sp³-hybridized carbons (Fsp3) is 0. The Morgan fingerprint density at radius 3 is 1.71 bits per heavy atom. The van der Waals surface area contributed by atoms with Crippen molar-refractivity contribution < 1.29 is 20.1 Å². The van der Waals surface area contributed by atoms with E-state index in [1.54, 1.807) is 31.0 Å². The molecule has 0 bridgehead atoms. The Balaban J connectivity index is 0.000000183. The number of rotatable bonds is 3. The molecule has 0 saturated heterocycles. The predicted octanol–water partition coefficient (Wildman–Crippen LogP) is 5.55. The molecule has 31 heavy (non-hydrogen) atoms. The van der Waals surface area contributed by atoms with Crippen LogP contribution in [0.3, 0.4) is 0 Å². The van der Waals surface area contributed by atoms with Crippen molar-refractivity contribution >= 4 is 0 Å². The Hall–Kier alpha value is -3.53. The fourth-order valence-corrected chi connectivity index (χ4v) is 2.78. The van der Waals surface area contributed by atoms with Crippen LogP contribution in [0.2, 0.25) is 0 Å². The summed E-state index contributed by atoms with van der Waals surface area (Å²) >= 11 is 0. The van der Waals surface area contributed by atoms with Crippen molar-refractivity contribution in [2.45, 2.75) is 0 Å². The van der Waals surface area contributed by atoms with Crippen molar-refractivity contribution in [3.8, 4) is 33.8 Å². The number of hydrogen-bond donors (Lipinski definition) is 0. The van der Waals surface area contributed by atoms with Crippen LogP contribution >= 0.6 is 0 Å². The van der Waals surface area contributed by atoms with Crippen molar-refractivity contribution in [3.63, 3.8) is 0 Å². The van der Waals surface area contributed by atoms with Gasteiger partial charge in [0.1, 0.15) is 0 Å². The number of pyridine rings is 2. The molecule has 0 unspecified atom stereocenters. The van der Waals surface area contributed by atoms with Crippen LogP contribution in [-0.4, -0.2) is 19.9 Å². The summed E-state index contributed by atoms with van der Waals surface area (Å²) in [5.41, 5.74) is 5.69. The average molecular weight is 579 g/mol. The van der Waals surface area contributed by atoms with Gasteiger partial charge in [-0.1, -0.05) is 24.3 Å². The van der Waals surface area contributed by atoms with E-state index in [1.165, 1.54) is 0 Å². The zero-order valence-electron chi connectivity index (χ0n) is 16.5. The summed E-state index contributed by atoms with van der Waals surface area (Å²) in [6, 6.07) is 31.7. The van der Waals surface area contributed by atoms with Gasteiger partial charge in [-0.15, -0.1) is 71.8 Å². The quantitative estimate of drug-likeness (QED) is 0.264. The monoisotopic (exact) mass is 579 g/mol. The molecule has 0 atom stereocenters. The van der Waals surface area contributed by atoms with Gasteiger partial charge in [-0.3, -0.25) is 9.97 Å². The molecule has 3 heterocycles. The van der Waals surface area contributed by atoms with E-state index in [2.05, 4.69) is 32.1 Å². The topological polar surface area (TPSA) is 51.6 Å². The minimum Gasteiger partial charge on any atom is -0.305 e. The predicted molar refractivity (Wildman–Crippen MR) is 118 cm³/mol. The maximum atomic E-state index is 4.43. The van der Waals surface area contributed by atoms with Crippen LogP contribution in [0.1, 0.15) is 0 Å². The van der Waals surface area contributed by atoms with Crippen LogP contribution in [0.4, 0.5) is 0 Å². The summed E-state index contributed by atoms with van der Waals surface area (Å²) in [5.74, 6) is 0. The van der Waals surface area contributed by atoms with E-state index in [1.807, 2.05) is 78.9 Å². The third-order valence-electron chi connectivity index (χ3n) is 4.26. The first-order valence-electron chi connectivity index (χ1n) is 9.48. The molecule has 153 valence electrons. The van der Waals surface area contributed by atoms with Gasteiger partial charge in [-0.2, -0.15) is 0 Å². The van der Waals surface area contributed by atoms with Gasteiger partial charge in [0, 0.05) is 50.5 Å². The average Bonchev–Trinajstić information content (AvgIpc) is 2.87. The van der Waals surface area contributed by atoms with Crippen molar-refractivity contribution in [2.75, 3.05) is 0 Å². The second-order valence-electron chi connectivity index (χ2n) is 6.29. The summed E-state index contributed by atoms with van der Waals surface area (Å²) in [5, 5.41) is 0. The second-order valence-corrected chi connectivity index (χ2v) is 6.29. The van der Waals surface area contributed by atoms with Crippen LogP contribution in [0.15, 0.2) is 110 Å². The zero-order valence-corrected chi connectivity index (χ0v) is 18.9. The number of benzene rings is 2. The van der Waals surface area contributed by atoms with Crippen LogP contribution in [0, 0.1) is 12.1 Å². The van der Waals surface area contributed by atoms with Gasteiger partial charge in [-0.25, -0.2) is 0 Å². The van der Waals surface area contributed by atoms with Crippen molar-refractivity contribution in [3.05, 3.63) is 122 Å². The van der Waals surface area contributed by atoms with E-state index >= 15 is 0 Å². The summed E-state index contributed by atoms with van der Waals surface area (Å²) in [7, 11) is 0. The van der Waals surface area contributed by atoms with Gasteiger partial charge in [0.05, 0.1) is 11.9 Å². The third kappa shape index (κ3) is 6.22. The Bertz CT molecular complexity index is 1060. The molecule has 0 spiro atoms. The summed E-state index contributed by atoms with van der Waals surface area (Å²) in [4.78, 5) is 16.9. The summed E-state index contributed by atoms with van der Waals surface area (Å²) in [6.45, 7) is 0. The SMILES string of the molecule is [Ir].[c-]1ccccc1-c1ccc(-c2cnccn2)cn1.[c-]1ccccc1-c1ccccn1. The first kappa shape index (κ1) is 22.2. The molecule has 5 aromatic rings. The summed E-state index contributed by atoms with van der Waals surface area (Å²) in [6.07, 6.45) is 8.65. The van der Waals surface area contributed by atoms with Gasteiger partial charge >= 0.3 is 0 Å². The van der Waals surface area contributed by atoms with E-state index in [0.29, 0.717) is 0 Å². The van der Waals surface area contributed by atoms with E-state index in [9.17, 15) is 0 Å². The summed E-state index contributed by atoms with van der Waals surface area (Å²) < 4.78 is 0. The van der Waals surface area contributed by atoms with E-state index in [-0.39, 0.29) is 20.1 Å². The molecule has 1 radical (unpaired) electrons. The first-order chi connectivity index (χ1) is 14.9. The Kier molecular flexibility index (Phi) is 8.29. The molecule has 5 heteroatoms. The molecule has 0 aliphatic rings. The molecule has 0 saturated carbocycles. The molecule has 5 rings (SSSR count). The van der Waals surface area contributed by atoms with Gasteiger partial charge in [0.15, 0.2) is 0 Å². The normalized spacial score (nSPS) is 9.68.